The van der Waals surface area contributed by atoms with Crippen LogP contribution >= 0.6 is 0 Å². The Kier molecular flexibility index (Phi) is 28.6. The number of carboxylic acid groups (broad SMARTS) is 4. The van der Waals surface area contributed by atoms with Gasteiger partial charge in [0.25, 0.3) is 0 Å². The van der Waals surface area contributed by atoms with E-state index in [4.69, 9.17) is 52.8 Å². The quantitative estimate of drug-likeness (QED) is 0.0400. The first-order valence-corrected chi connectivity index (χ1v) is 30.5. The average Bonchev–Trinajstić information content (AvgIpc) is 1.72. The van der Waals surface area contributed by atoms with Crippen LogP contribution in [-0.4, -0.2) is 170 Å². The van der Waals surface area contributed by atoms with Crippen molar-refractivity contribution in [2.45, 2.75) is 119 Å². The maximum Gasteiger partial charge on any atom is 0.407 e. The summed E-state index contributed by atoms with van der Waals surface area (Å²) in [5.41, 5.74) is 25.3. The van der Waals surface area contributed by atoms with E-state index < -0.39 is 133 Å². The highest BCUT2D eigenvalue weighted by molar-refractivity contribution is 5.99. The molecule has 1 aromatic heterocycles. The summed E-state index contributed by atoms with van der Waals surface area (Å²) in [4.78, 5) is 147. The van der Waals surface area contributed by atoms with Crippen molar-refractivity contribution in [3.05, 3.63) is 174 Å². The Morgan fingerprint density at radius 2 is 1.07 bits per heavy atom. The molecule has 8 rings (SSSR count). The normalized spacial score (nSPS) is 19.9. The standard InChI is InChI=1S/C58H66N10O9.2C4H7NO4/c59-27-13-12-22-46-52(69)64-47(30-38-23-25-42(26-24-38)76-36-39-16-6-2-7-17-39)53(70)66-49(31-37-14-4-1-5-15-37)57(74)68-35-43(77-58(75)61-29-28-60)33-50(68)55(72)67-51(40-18-8-3-9-19-40)56(73)65-48(54(71)63-46)32-41-34-62-45-21-11-10-20-44(41)45;2*5-2(4(8)9)1-3(6)7/h1-11,14-21,23-26,34,43,46-51,62H,12-13,22,27-33,35-36,59-60H2,(H,61,75)(H,63,71)(H,64,69)(H,65,73)(H,66,70)(H,67,72);2*2H,1,5H2,(H,6,7)(H,8,9)/t43-,46?,47?,48?,49?,50?,51?;2*2-/m100/s1. The zero-order valence-corrected chi connectivity index (χ0v) is 51.8. The third kappa shape index (κ3) is 23.4. The summed E-state index contributed by atoms with van der Waals surface area (Å²) >= 11 is 0. The highest BCUT2D eigenvalue weighted by Crippen LogP contribution is 2.26. The average molecular weight is 1310 g/mol. The van der Waals surface area contributed by atoms with Crippen molar-refractivity contribution in [3.8, 4) is 5.75 Å². The van der Waals surface area contributed by atoms with Crippen LogP contribution in [0.2, 0.25) is 0 Å². The lowest BCUT2D eigenvalue weighted by molar-refractivity contribution is -0.144. The van der Waals surface area contributed by atoms with Crippen molar-refractivity contribution in [3.63, 3.8) is 0 Å². The molecule has 2 saturated heterocycles. The van der Waals surface area contributed by atoms with Crippen LogP contribution < -0.4 is 59.6 Å². The summed E-state index contributed by atoms with van der Waals surface area (Å²) in [5.74, 6) is -8.76. The van der Waals surface area contributed by atoms with Gasteiger partial charge in [0.05, 0.1) is 19.4 Å². The van der Waals surface area contributed by atoms with Crippen LogP contribution in [-0.2, 0) is 78.6 Å². The van der Waals surface area contributed by atoms with E-state index in [0.717, 1.165) is 16.5 Å². The molecule has 19 N–H and O–H groups in total. The van der Waals surface area contributed by atoms with Gasteiger partial charge in [-0.05, 0) is 71.8 Å². The molecule has 2 fully saturated rings. The minimum atomic E-state index is -1.42. The molecule has 29 nitrogen and oxygen atoms in total. The number of aromatic nitrogens is 1. The molecule has 0 saturated carbocycles. The van der Waals surface area contributed by atoms with E-state index in [2.05, 4.69) is 36.9 Å². The number of carbonyl (C=O) groups excluding carboxylic acids is 7. The number of nitrogens with one attached hydrogen (secondary N) is 7. The minimum absolute atomic E-state index is 0.0385. The van der Waals surface area contributed by atoms with Gasteiger partial charge >= 0.3 is 30.0 Å². The van der Waals surface area contributed by atoms with E-state index in [9.17, 15) is 43.2 Å². The third-order valence-electron chi connectivity index (χ3n) is 15.1. The van der Waals surface area contributed by atoms with Crippen molar-refractivity contribution < 1.29 is 82.6 Å². The van der Waals surface area contributed by atoms with Crippen LogP contribution in [0.4, 0.5) is 4.79 Å². The fourth-order valence-corrected chi connectivity index (χ4v) is 10.2. The van der Waals surface area contributed by atoms with Crippen LogP contribution in [0.15, 0.2) is 146 Å². The Morgan fingerprint density at radius 1 is 0.558 bits per heavy atom. The van der Waals surface area contributed by atoms with E-state index in [-0.39, 0.29) is 51.7 Å². The Morgan fingerprint density at radius 3 is 1.65 bits per heavy atom. The Hall–Kier alpha value is -10.7. The van der Waals surface area contributed by atoms with Crippen molar-refractivity contribution in [1.82, 2.24) is 41.8 Å². The number of rotatable bonds is 23. The van der Waals surface area contributed by atoms with Gasteiger partial charge in [0.1, 0.15) is 66.8 Å². The second kappa shape index (κ2) is 37.1. The SMILES string of the molecule is NCCCCC1NC(=O)C(Cc2c[nH]c3ccccc23)NC(=O)C(c2ccccc2)NC(=O)C2C[C@@H](OC(=O)NCCN)CN2C(=O)C(Cc2ccccc2)NC(=O)C(Cc2ccc(OCc3ccccc3)cc2)NC1=O.N[C@@H](CC(=O)O)C(=O)O.N[C@@H](CC(=O)O)C(=O)O. The first-order valence-electron chi connectivity index (χ1n) is 30.5. The second-order valence-corrected chi connectivity index (χ2v) is 22.3. The number of hydrogen-bond donors (Lipinski definition) is 15. The second-order valence-electron chi connectivity index (χ2n) is 22.3. The molecule has 0 spiro atoms. The highest BCUT2D eigenvalue weighted by Gasteiger charge is 2.45. The van der Waals surface area contributed by atoms with E-state index in [1.807, 2.05) is 60.7 Å². The number of carbonyl (C=O) groups is 11. The van der Waals surface area contributed by atoms with Crippen LogP contribution in [0.5, 0.6) is 5.75 Å². The molecule has 2 aliphatic rings. The first-order chi connectivity index (χ1) is 45.5. The van der Waals surface area contributed by atoms with Gasteiger partial charge in [-0.25, -0.2) is 4.79 Å². The summed E-state index contributed by atoms with van der Waals surface area (Å²) in [7, 11) is 0. The molecule has 0 aliphatic carbocycles. The number of H-pyrrole nitrogens is 1. The van der Waals surface area contributed by atoms with Gasteiger partial charge < -0.3 is 94.6 Å². The van der Waals surface area contributed by atoms with Gasteiger partial charge in [-0.1, -0.05) is 121 Å². The van der Waals surface area contributed by atoms with Crippen LogP contribution in [0.1, 0.15) is 72.4 Å². The van der Waals surface area contributed by atoms with Crippen LogP contribution in [0, 0.1) is 0 Å². The molecule has 6 unspecified atom stereocenters. The molecule has 9 atom stereocenters. The van der Waals surface area contributed by atoms with E-state index in [1.54, 1.807) is 85.1 Å². The molecule has 0 radical (unpaired) electrons. The van der Waals surface area contributed by atoms with Gasteiger partial charge in [0.2, 0.25) is 35.4 Å². The number of alkyl carbamates (subject to hydrolysis) is 1. The molecule has 95 heavy (non-hydrogen) atoms. The van der Waals surface area contributed by atoms with E-state index >= 15 is 9.59 Å². The van der Waals surface area contributed by atoms with Crippen LogP contribution in [0.3, 0.4) is 0 Å². The summed E-state index contributed by atoms with van der Waals surface area (Å²) in [5, 5.41) is 49.9. The van der Waals surface area contributed by atoms with Gasteiger partial charge in [-0.15, -0.1) is 0 Å². The third-order valence-corrected chi connectivity index (χ3v) is 15.1. The molecule has 506 valence electrons. The Bertz CT molecular complexity index is 3530. The molecular weight excluding hydrogens is 1230 g/mol. The number of benzene rings is 5. The van der Waals surface area contributed by atoms with E-state index in [0.29, 0.717) is 54.0 Å². The minimum Gasteiger partial charge on any atom is -0.489 e. The number of fused-ring (bicyclic) bond motifs is 2. The van der Waals surface area contributed by atoms with Gasteiger partial charge in [-0.2, -0.15) is 0 Å². The molecule has 5 aromatic carbocycles. The van der Waals surface area contributed by atoms with Crippen LogP contribution in [0.25, 0.3) is 10.9 Å². The van der Waals surface area contributed by atoms with Crippen molar-refractivity contribution in [1.29, 1.82) is 0 Å². The number of amides is 7. The zero-order valence-electron chi connectivity index (χ0n) is 51.8. The number of hydrogen-bond acceptors (Lipinski definition) is 17. The maximum absolute atomic E-state index is 15.3. The predicted octanol–water partition coefficient (Wildman–Crippen LogP) is 1.11. The summed E-state index contributed by atoms with van der Waals surface area (Å²) in [6.07, 6.45) is -0.413. The number of nitrogens with two attached hydrogens (primary N) is 4. The maximum atomic E-state index is 15.3. The number of aliphatic carboxylic acids is 4. The lowest BCUT2D eigenvalue weighted by Gasteiger charge is -2.32. The smallest absolute Gasteiger partial charge is 0.407 e. The Balaban J connectivity index is 0.000000693. The summed E-state index contributed by atoms with van der Waals surface area (Å²) in [6, 6.07) is 31.0. The Labute approximate surface area is 546 Å². The lowest BCUT2D eigenvalue weighted by atomic mass is 9.99. The number of unbranched alkanes of at least 4 members (excludes halogenated alkanes) is 1. The molecule has 29 heteroatoms. The fraction of sp³-hybridized carbons (Fsp3) is 0.348. The number of ether oxygens (including phenoxy) is 2. The van der Waals surface area contributed by atoms with Gasteiger partial charge in [0, 0.05) is 55.9 Å². The lowest BCUT2D eigenvalue weighted by Crippen LogP contribution is -2.61. The topological polar surface area (TPSA) is 482 Å². The van der Waals surface area contributed by atoms with Crippen molar-refractivity contribution >= 4 is 76.3 Å². The fourth-order valence-electron chi connectivity index (χ4n) is 10.2. The highest BCUT2D eigenvalue weighted by atomic mass is 16.6. The van der Waals surface area contributed by atoms with Crippen molar-refractivity contribution in [2.75, 3.05) is 26.2 Å². The van der Waals surface area contributed by atoms with E-state index in [1.165, 1.54) is 4.90 Å². The first kappa shape index (κ1) is 73.3. The molecule has 0 bridgehead atoms. The molecule has 7 amide bonds. The number of para-hydroxylation sites is 1. The molecule has 2 aliphatic heterocycles. The predicted molar refractivity (Wildman–Crippen MR) is 344 cm³/mol. The molecular formula is C66H80N12O17. The monoisotopic (exact) mass is 1310 g/mol. The van der Waals surface area contributed by atoms with Crippen molar-refractivity contribution in [2.24, 2.45) is 22.9 Å². The number of aromatic amines is 1. The van der Waals surface area contributed by atoms with Gasteiger partial charge in [-0.3, -0.25) is 47.9 Å². The number of nitrogens with zero attached hydrogens (tertiary/aromatic N) is 1. The zero-order chi connectivity index (χ0) is 69.0. The van der Waals surface area contributed by atoms with Gasteiger partial charge in [0.15, 0.2) is 0 Å². The number of carboxylic acids is 4. The largest absolute Gasteiger partial charge is 0.489 e. The molecule has 6 aromatic rings. The summed E-state index contributed by atoms with van der Waals surface area (Å²) < 4.78 is 11.8. The summed E-state index contributed by atoms with van der Waals surface area (Å²) in [6.45, 7) is 0.617. The molecule has 3 heterocycles.